The molecule has 3 atom stereocenters. The molecule has 1 aromatic carbocycles. The summed E-state index contributed by atoms with van der Waals surface area (Å²) in [5.41, 5.74) is 0.0977. The summed E-state index contributed by atoms with van der Waals surface area (Å²) in [7, 11) is 5.05. The molecule has 214 valence electrons. The Hall–Kier alpha value is -2.87. The zero-order valence-corrected chi connectivity index (χ0v) is 25.4. The number of hydrogen-bond donors (Lipinski definition) is 2. The van der Waals surface area contributed by atoms with E-state index in [-0.39, 0.29) is 30.4 Å². The second-order valence-electron chi connectivity index (χ2n) is 11.7. The van der Waals surface area contributed by atoms with Gasteiger partial charge in [0.15, 0.2) is 0 Å². The molecule has 8 heteroatoms. The fraction of sp³-hybridized carbons (Fsp3) is 0.633. The van der Waals surface area contributed by atoms with Crippen LogP contribution in [0.4, 0.5) is 0 Å². The lowest BCUT2D eigenvalue weighted by Gasteiger charge is -2.40. The predicted octanol–water partition coefficient (Wildman–Crippen LogP) is 4.08. The van der Waals surface area contributed by atoms with Crippen LogP contribution >= 0.6 is 0 Å². The van der Waals surface area contributed by atoms with Gasteiger partial charge < -0.3 is 25.0 Å². The van der Waals surface area contributed by atoms with Crippen molar-refractivity contribution in [2.24, 2.45) is 11.3 Å². The van der Waals surface area contributed by atoms with Crippen LogP contribution in [-0.4, -0.2) is 68.6 Å². The Kier molecular flexibility index (Phi) is 12.0. The molecular formula is C30H49N3O5. The van der Waals surface area contributed by atoms with Crippen LogP contribution < -0.4 is 15.4 Å². The zero-order valence-electron chi connectivity index (χ0n) is 25.4. The molecule has 38 heavy (non-hydrogen) atoms. The molecule has 1 aromatic rings. The molecule has 0 saturated carbocycles. The highest BCUT2D eigenvalue weighted by Gasteiger charge is 2.42. The third-order valence-electron chi connectivity index (χ3n) is 6.97. The van der Waals surface area contributed by atoms with Crippen molar-refractivity contribution in [1.29, 1.82) is 0 Å². The molecule has 2 N–H and O–H groups in total. The van der Waals surface area contributed by atoms with Gasteiger partial charge in [-0.15, -0.1) is 0 Å². The summed E-state index contributed by atoms with van der Waals surface area (Å²) in [6.45, 7) is 17.4. The number of esters is 1. The molecular weight excluding hydrogens is 482 g/mol. The van der Waals surface area contributed by atoms with Gasteiger partial charge in [-0.05, 0) is 38.3 Å². The Bertz CT molecular complexity index is 994. The van der Waals surface area contributed by atoms with Gasteiger partial charge in [-0.25, -0.2) is 4.79 Å². The molecule has 0 aliphatic rings. The first-order chi connectivity index (χ1) is 17.5. The predicted molar refractivity (Wildman–Crippen MR) is 152 cm³/mol. The van der Waals surface area contributed by atoms with E-state index in [4.69, 9.17) is 9.47 Å². The van der Waals surface area contributed by atoms with Crippen molar-refractivity contribution in [3.05, 3.63) is 41.5 Å². The first-order valence-electron chi connectivity index (χ1n) is 13.3. The Morgan fingerprint density at radius 1 is 1.05 bits per heavy atom. The van der Waals surface area contributed by atoms with Gasteiger partial charge in [0.1, 0.15) is 11.8 Å². The molecule has 0 aromatic heterocycles. The van der Waals surface area contributed by atoms with Crippen LogP contribution in [0.3, 0.4) is 0 Å². The fourth-order valence-electron chi connectivity index (χ4n) is 4.70. The summed E-state index contributed by atoms with van der Waals surface area (Å²) < 4.78 is 10.7. The highest BCUT2D eigenvalue weighted by molar-refractivity contribution is 5.92. The van der Waals surface area contributed by atoms with E-state index in [1.165, 1.54) is 0 Å². The maximum atomic E-state index is 13.9. The molecule has 0 spiro atoms. The highest BCUT2D eigenvalue weighted by Crippen LogP contribution is 2.35. The molecule has 1 rings (SSSR count). The number of nitrogens with one attached hydrogen (secondary N) is 2. The third-order valence-corrected chi connectivity index (χ3v) is 6.97. The quantitative estimate of drug-likeness (QED) is 0.312. The van der Waals surface area contributed by atoms with Crippen LogP contribution in [0.15, 0.2) is 35.9 Å². The summed E-state index contributed by atoms with van der Waals surface area (Å²) in [4.78, 5) is 41.5. The van der Waals surface area contributed by atoms with Crippen LogP contribution in [-0.2, 0) is 24.5 Å². The average Bonchev–Trinajstić information content (AvgIpc) is 2.84. The maximum Gasteiger partial charge on any atom is 0.333 e. The van der Waals surface area contributed by atoms with Crippen LogP contribution in [0, 0.1) is 11.3 Å². The number of amides is 2. The van der Waals surface area contributed by atoms with E-state index in [0.29, 0.717) is 11.3 Å². The second kappa shape index (κ2) is 13.8. The van der Waals surface area contributed by atoms with Crippen LogP contribution in [0.1, 0.15) is 67.9 Å². The van der Waals surface area contributed by atoms with E-state index in [2.05, 4.69) is 10.6 Å². The lowest BCUT2D eigenvalue weighted by atomic mass is 9.76. The first-order valence-corrected chi connectivity index (χ1v) is 13.3. The number of hydrogen-bond acceptors (Lipinski definition) is 6. The molecule has 0 fully saturated rings. The number of ether oxygens (including phenoxy) is 2. The maximum absolute atomic E-state index is 13.9. The van der Waals surface area contributed by atoms with Crippen molar-refractivity contribution in [3.63, 3.8) is 0 Å². The number of carbonyl (C=O) groups excluding carboxylic acids is 3. The van der Waals surface area contributed by atoms with E-state index >= 15 is 0 Å². The number of benzene rings is 1. The minimum Gasteiger partial charge on any atom is -0.496 e. The number of para-hydroxylation sites is 1. The molecule has 0 heterocycles. The van der Waals surface area contributed by atoms with E-state index in [0.717, 1.165) is 5.56 Å². The monoisotopic (exact) mass is 531 g/mol. The lowest BCUT2D eigenvalue weighted by Crippen LogP contribution is -2.61. The Morgan fingerprint density at radius 2 is 1.63 bits per heavy atom. The molecule has 0 saturated heterocycles. The topological polar surface area (TPSA) is 97.0 Å². The first kappa shape index (κ1) is 33.2. The van der Waals surface area contributed by atoms with Crippen molar-refractivity contribution in [3.8, 4) is 5.75 Å². The third kappa shape index (κ3) is 8.06. The van der Waals surface area contributed by atoms with Gasteiger partial charge in [0.05, 0.1) is 25.8 Å². The largest absolute Gasteiger partial charge is 0.496 e. The van der Waals surface area contributed by atoms with Crippen molar-refractivity contribution >= 4 is 17.8 Å². The van der Waals surface area contributed by atoms with Gasteiger partial charge >= 0.3 is 5.97 Å². The van der Waals surface area contributed by atoms with Crippen molar-refractivity contribution in [2.75, 3.05) is 27.8 Å². The molecule has 2 amide bonds. The van der Waals surface area contributed by atoms with Gasteiger partial charge in [-0.1, -0.05) is 72.7 Å². The lowest BCUT2D eigenvalue weighted by molar-refractivity contribution is -0.141. The van der Waals surface area contributed by atoms with E-state index < -0.39 is 28.9 Å². The summed E-state index contributed by atoms with van der Waals surface area (Å²) in [6, 6.07) is 5.81. The molecule has 0 unspecified atom stereocenters. The Balaban J connectivity index is 3.35. The normalized spacial score (nSPS) is 14.9. The zero-order chi connectivity index (χ0) is 29.4. The van der Waals surface area contributed by atoms with Crippen LogP contribution in [0.25, 0.3) is 0 Å². The van der Waals surface area contributed by atoms with Crippen LogP contribution in [0.5, 0.6) is 5.75 Å². The van der Waals surface area contributed by atoms with Gasteiger partial charge in [0.2, 0.25) is 11.8 Å². The average molecular weight is 532 g/mol. The van der Waals surface area contributed by atoms with Crippen molar-refractivity contribution in [2.45, 2.75) is 85.9 Å². The number of carbonyl (C=O) groups is 3. The minimum atomic E-state index is -0.804. The van der Waals surface area contributed by atoms with Gasteiger partial charge in [0, 0.05) is 23.6 Å². The van der Waals surface area contributed by atoms with E-state index in [1.807, 2.05) is 72.7 Å². The number of nitrogens with zero attached hydrogens (tertiary/aromatic N) is 1. The standard InChI is InChI=1S/C30H49N3O5/c1-13-38-28(36)20(4)18-22(19(2)3)33(11)27(35)25(29(5,6)7)32-26(34)24(31-10)30(8,9)21-16-14-15-17-23(21)37-12/h14-19,22,24-25,31H,13H2,1-12H3,(H,32,34)/t22-,24-,25-/m1/s1. The van der Waals surface area contributed by atoms with E-state index in [1.54, 1.807) is 46.0 Å². The SMILES string of the molecule is CCOC(=O)C(C)=C[C@H](C(C)C)N(C)C(=O)[C@@H](NC(=O)[C@@H](NC)C(C)(C)c1ccccc1OC)C(C)(C)C. The minimum absolute atomic E-state index is 0.0270. The summed E-state index contributed by atoms with van der Waals surface area (Å²) in [5.74, 6) is -0.210. The van der Waals surface area contributed by atoms with Gasteiger partial charge in [-0.3, -0.25) is 9.59 Å². The molecule has 0 radical (unpaired) electrons. The number of rotatable bonds is 12. The fourth-order valence-corrected chi connectivity index (χ4v) is 4.70. The molecule has 0 aliphatic carbocycles. The number of likely N-dealkylation sites (N-methyl/N-ethyl adjacent to an activating group) is 2. The molecule has 0 bridgehead atoms. The van der Waals surface area contributed by atoms with E-state index in [9.17, 15) is 14.4 Å². The molecule has 8 nitrogen and oxygen atoms in total. The van der Waals surface area contributed by atoms with Crippen LogP contribution in [0.2, 0.25) is 0 Å². The summed E-state index contributed by atoms with van der Waals surface area (Å²) >= 11 is 0. The Morgan fingerprint density at radius 3 is 2.11 bits per heavy atom. The van der Waals surface area contributed by atoms with Crippen molar-refractivity contribution < 1.29 is 23.9 Å². The number of methoxy groups -OCH3 is 1. The second-order valence-corrected chi connectivity index (χ2v) is 11.7. The smallest absolute Gasteiger partial charge is 0.333 e. The summed E-state index contributed by atoms with van der Waals surface area (Å²) in [6.07, 6.45) is 1.77. The summed E-state index contributed by atoms with van der Waals surface area (Å²) in [5, 5.41) is 6.20. The molecule has 0 aliphatic heterocycles. The Labute approximate surface area is 229 Å². The van der Waals surface area contributed by atoms with Gasteiger partial charge in [0.25, 0.3) is 0 Å². The highest BCUT2D eigenvalue weighted by atomic mass is 16.5. The van der Waals surface area contributed by atoms with Crippen molar-refractivity contribution in [1.82, 2.24) is 15.5 Å². The van der Waals surface area contributed by atoms with Gasteiger partial charge in [-0.2, -0.15) is 0 Å².